The van der Waals surface area contributed by atoms with Crippen LogP contribution >= 0.6 is 11.5 Å². The maximum Gasteiger partial charge on any atom is 0.316 e. The zero-order chi connectivity index (χ0) is 19.0. The lowest BCUT2D eigenvalue weighted by Crippen LogP contribution is -2.21. The highest BCUT2D eigenvalue weighted by atomic mass is 32.1. The molecule has 0 spiro atoms. The molecule has 5 heteroatoms. The Kier molecular flexibility index (Phi) is 4.48. The molecule has 27 heavy (non-hydrogen) atoms. The van der Waals surface area contributed by atoms with Gasteiger partial charge in [-0.15, -0.1) is 0 Å². The summed E-state index contributed by atoms with van der Waals surface area (Å²) in [5.74, 6) is -0.125. The summed E-state index contributed by atoms with van der Waals surface area (Å²) in [4.78, 5) is 13.2. The van der Waals surface area contributed by atoms with Crippen LogP contribution in [0.2, 0.25) is 0 Å². The second kappa shape index (κ2) is 6.82. The molecule has 0 radical (unpaired) electrons. The van der Waals surface area contributed by atoms with Gasteiger partial charge in [0.25, 0.3) is 0 Å². The number of methoxy groups -OCH3 is 1. The lowest BCUT2D eigenvalue weighted by atomic mass is 9.93. The number of nitrogens with zero attached hydrogens (tertiary/aromatic N) is 1. The van der Waals surface area contributed by atoms with Crippen molar-refractivity contribution in [2.75, 3.05) is 19.5 Å². The van der Waals surface area contributed by atoms with Crippen molar-refractivity contribution < 1.29 is 9.53 Å². The highest BCUT2D eigenvalue weighted by Gasteiger charge is 2.52. The van der Waals surface area contributed by atoms with Gasteiger partial charge in [-0.2, -0.15) is 4.37 Å². The standard InChI is InChI=1S/C22H22N2O2S/c1-14-19(23-2)20(27-24-14)17-6-4-15(5-7-17)16-8-10-18(11-9-16)22(12-13-22)21(25)26-3/h4-11,23H,12-13H2,1-3H3. The highest BCUT2D eigenvalue weighted by molar-refractivity contribution is 7.10. The number of esters is 1. The summed E-state index contributed by atoms with van der Waals surface area (Å²) >= 11 is 1.52. The largest absolute Gasteiger partial charge is 0.468 e. The molecule has 0 aliphatic heterocycles. The van der Waals surface area contributed by atoms with Crippen molar-refractivity contribution in [3.8, 4) is 21.6 Å². The molecule has 0 unspecified atom stereocenters. The van der Waals surface area contributed by atoms with Gasteiger partial charge >= 0.3 is 5.97 Å². The number of aromatic nitrogens is 1. The Morgan fingerprint density at radius 1 is 1.04 bits per heavy atom. The Morgan fingerprint density at radius 3 is 2.11 bits per heavy atom. The Morgan fingerprint density at radius 2 is 1.59 bits per heavy atom. The van der Waals surface area contributed by atoms with Gasteiger partial charge in [-0.25, -0.2) is 0 Å². The maximum absolute atomic E-state index is 12.0. The number of hydrogen-bond acceptors (Lipinski definition) is 5. The molecule has 138 valence electrons. The molecule has 1 saturated carbocycles. The van der Waals surface area contributed by atoms with Crippen molar-refractivity contribution in [3.05, 3.63) is 59.8 Å². The number of hydrogen-bond donors (Lipinski definition) is 1. The summed E-state index contributed by atoms with van der Waals surface area (Å²) in [5.41, 5.74) is 6.21. The van der Waals surface area contributed by atoms with Crippen molar-refractivity contribution in [1.82, 2.24) is 4.37 Å². The molecule has 1 heterocycles. The fourth-order valence-corrected chi connectivity index (χ4v) is 4.49. The smallest absolute Gasteiger partial charge is 0.316 e. The summed E-state index contributed by atoms with van der Waals surface area (Å²) in [6.07, 6.45) is 1.74. The normalized spacial score (nSPS) is 14.6. The average Bonchev–Trinajstić information content (AvgIpc) is 3.44. The molecule has 2 aromatic carbocycles. The number of aryl methyl sites for hydroxylation is 1. The maximum atomic E-state index is 12.0. The highest BCUT2D eigenvalue weighted by Crippen LogP contribution is 2.49. The first kappa shape index (κ1) is 17.7. The molecular formula is C22H22N2O2S. The van der Waals surface area contributed by atoms with Crippen LogP contribution in [-0.4, -0.2) is 24.5 Å². The van der Waals surface area contributed by atoms with E-state index in [0.29, 0.717) is 0 Å². The summed E-state index contributed by atoms with van der Waals surface area (Å²) < 4.78 is 9.42. The Labute approximate surface area is 163 Å². The third-order valence-corrected chi connectivity index (χ3v) is 6.34. The number of anilines is 1. The third kappa shape index (κ3) is 3.02. The van der Waals surface area contributed by atoms with E-state index < -0.39 is 5.41 Å². The average molecular weight is 378 g/mol. The molecule has 3 aromatic rings. The van der Waals surface area contributed by atoms with Gasteiger partial charge in [0.1, 0.15) is 0 Å². The van der Waals surface area contributed by atoms with E-state index in [1.54, 1.807) is 0 Å². The number of rotatable bonds is 5. The zero-order valence-electron chi connectivity index (χ0n) is 15.7. The molecule has 0 saturated heterocycles. The fourth-order valence-electron chi connectivity index (χ4n) is 3.59. The minimum Gasteiger partial charge on any atom is -0.468 e. The van der Waals surface area contributed by atoms with Gasteiger partial charge in [0, 0.05) is 7.05 Å². The fraction of sp³-hybridized carbons (Fsp3) is 0.273. The van der Waals surface area contributed by atoms with E-state index in [2.05, 4.69) is 58.2 Å². The van der Waals surface area contributed by atoms with Crippen molar-refractivity contribution >= 4 is 23.2 Å². The van der Waals surface area contributed by atoms with Crippen LogP contribution in [0.3, 0.4) is 0 Å². The molecule has 4 rings (SSSR count). The lowest BCUT2D eigenvalue weighted by Gasteiger charge is -2.13. The Bertz CT molecular complexity index is 971. The monoisotopic (exact) mass is 378 g/mol. The molecule has 1 aliphatic carbocycles. The predicted octanol–water partition coefficient (Wildman–Crippen LogP) is 5.03. The van der Waals surface area contributed by atoms with E-state index in [9.17, 15) is 4.79 Å². The summed E-state index contributed by atoms with van der Waals surface area (Å²) in [7, 11) is 3.39. The molecule has 1 aromatic heterocycles. The first-order chi connectivity index (χ1) is 13.1. The third-order valence-electron chi connectivity index (χ3n) is 5.36. The first-order valence-corrected chi connectivity index (χ1v) is 9.80. The van der Waals surface area contributed by atoms with Crippen molar-refractivity contribution in [2.45, 2.75) is 25.2 Å². The van der Waals surface area contributed by atoms with Gasteiger partial charge in [0.2, 0.25) is 0 Å². The van der Waals surface area contributed by atoms with Crippen LogP contribution in [0.25, 0.3) is 21.6 Å². The van der Waals surface area contributed by atoms with Gasteiger partial charge in [-0.05, 0) is 53.6 Å². The number of carbonyl (C=O) groups excluding carboxylic acids is 1. The second-order valence-electron chi connectivity index (χ2n) is 6.95. The Balaban J connectivity index is 1.59. The molecule has 1 fully saturated rings. The first-order valence-electron chi connectivity index (χ1n) is 9.03. The molecule has 0 bridgehead atoms. The Hall–Kier alpha value is -2.66. The molecule has 0 amide bonds. The number of nitrogens with one attached hydrogen (secondary N) is 1. The molecule has 4 nitrogen and oxygen atoms in total. The van der Waals surface area contributed by atoms with Crippen molar-refractivity contribution in [1.29, 1.82) is 0 Å². The van der Waals surface area contributed by atoms with Gasteiger partial charge < -0.3 is 10.1 Å². The lowest BCUT2D eigenvalue weighted by molar-refractivity contribution is -0.143. The van der Waals surface area contributed by atoms with E-state index in [-0.39, 0.29) is 5.97 Å². The van der Waals surface area contributed by atoms with Crippen LogP contribution in [0.1, 0.15) is 24.1 Å². The van der Waals surface area contributed by atoms with E-state index in [4.69, 9.17) is 4.74 Å². The van der Waals surface area contributed by atoms with Gasteiger partial charge in [-0.3, -0.25) is 4.79 Å². The minimum atomic E-state index is -0.412. The molecule has 1 aliphatic rings. The van der Waals surface area contributed by atoms with Crippen LogP contribution in [0.5, 0.6) is 0 Å². The topological polar surface area (TPSA) is 51.2 Å². The van der Waals surface area contributed by atoms with Crippen LogP contribution < -0.4 is 5.32 Å². The predicted molar refractivity (Wildman–Crippen MR) is 110 cm³/mol. The number of carbonyl (C=O) groups is 1. The van der Waals surface area contributed by atoms with Crippen LogP contribution in [-0.2, 0) is 14.9 Å². The number of benzene rings is 2. The number of ether oxygens (including phenoxy) is 1. The minimum absolute atomic E-state index is 0.125. The summed E-state index contributed by atoms with van der Waals surface area (Å²) in [6.45, 7) is 2.02. The van der Waals surface area contributed by atoms with E-state index >= 15 is 0 Å². The molecular weight excluding hydrogens is 356 g/mol. The van der Waals surface area contributed by atoms with Crippen LogP contribution in [0, 0.1) is 6.92 Å². The van der Waals surface area contributed by atoms with Gasteiger partial charge in [0.15, 0.2) is 0 Å². The summed E-state index contributed by atoms with van der Waals surface area (Å²) in [6, 6.07) is 16.8. The van der Waals surface area contributed by atoms with Gasteiger partial charge in [0.05, 0.1) is 28.8 Å². The molecule has 0 atom stereocenters. The van der Waals surface area contributed by atoms with Crippen LogP contribution in [0.4, 0.5) is 5.69 Å². The zero-order valence-corrected chi connectivity index (χ0v) is 16.5. The van der Waals surface area contributed by atoms with Crippen molar-refractivity contribution in [2.24, 2.45) is 0 Å². The second-order valence-corrected chi connectivity index (χ2v) is 7.72. The molecule has 1 N–H and O–H groups in total. The van der Waals surface area contributed by atoms with E-state index in [1.165, 1.54) is 18.6 Å². The van der Waals surface area contributed by atoms with E-state index in [1.807, 2.05) is 14.0 Å². The van der Waals surface area contributed by atoms with Crippen LogP contribution in [0.15, 0.2) is 48.5 Å². The summed E-state index contributed by atoms with van der Waals surface area (Å²) in [5, 5.41) is 3.24. The van der Waals surface area contributed by atoms with E-state index in [0.717, 1.165) is 51.4 Å². The van der Waals surface area contributed by atoms with Crippen molar-refractivity contribution in [3.63, 3.8) is 0 Å². The SMILES string of the molecule is CNc1c(C)nsc1-c1ccc(-c2ccc(C3(C(=O)OC)CC3)cc2)cc1. The quantitative estimate of drug-likeness (QED) is 0.633. The van der Waals surface area contributed by atoms with Gasteiger partial charge in [-0.1, -0.05) is 48.5 Å².